The number of alkyl carbamates (subject to hydrolysis) is 1. The van der Waals surface area contributed by atoms with E-state index in [0.717, 1.165) is 31.5 Å². The maximum absolute atomic E-state index is 11.7. The van der Waals surface area contributed by atoms with E-state index in [1.54, 1.807) is 0 Å². The van der Waals surface area contributed by atoms with Crippen LogP contribution in [0.15, 0.2) is 30.3 Å². The Hall–Kier alpha value is -1.55. The zero-order valence-electron chi connectivity index (χ0n) is 10.7. The van der Waals surface area contributed by atoms with Crippen LogP contribution >= 0.6 is 0 Å². The Morgan fingerprint density at radius 3 is 2.89 bits per heavy atom. The number of hydrogen-bond donors (Lipinski definition) is 2. The summed E-state index contributed by atoms with van der Waals surface area (Å²) in [6.45, 7) is 4.18. The van der Waals surface area contributed by atoms with E-state index in [2.05, 4.69) is 10.6 Å². The molecule has 1 atom stereocenters. The van der Waals surface area contributed by atoms with Gasteiger partial charge in [-0.25, -0.2) is 4.79 Å². The molecule has 0 spiro atoms. The lowest BCUT2D eigenvalue weighted by Crippen LogP contribution is -2.55. The van der Waals surface area contributed by atoms with Crippen molar-refractivity contribution < 1.29 is 9.53 Å². The highest BCUT2D eigenvalue weighted by Crippen LogP contribution is 2.15. The van der Waals surface area contributed by atoms with Gasteiger partial charge in [-0.1, -0.05) is 30.3 Å². The van der Waals surface area contributed by atoms with Crippen LogP contribution in [0.5, 0.6) is 0 Å². The standard InChI is InChI=1S/C14H20N2O2/c1-14(8-5-9-15-11-14)16-13(17)18-10-12-6-3-2-4-7-12/h2-4,6-7,15H,5,8-11H2,1H3,(H,16,17)/t14-/m0/s1. The van der Waals surface area contributed by atoms with Gasteiger partial charge in [0, 0.05) is 6.54 Å². The fraction of sp³-hybridized carbons (Fsp3) is 0.500. The van der Waals surface area contributed by atoms with Crippen LogP contribution in [0.3, 0.4) is 0 Å². The summed E-state index contributed by atoms with van der Waals surface area (Å²) in [5.74, 6) is 0. The largest absolute Gasteiger partial charge is 0.445 e. The maximum Gasteiger partial charge on any atom is 0.407 e. The zero-order chi connectivity index (χ0) is 12.8. The Labute approximate surface area is 108 Å². The van der Waals surface area contributed by atoms with Gasteiger partial charge in [-0.2, -0.15) is 0 Å². The zero-order valence-corrected chi connectivity index (χ0v) is 10.7. The summed E-state index contributed by atoms with van der Waals surface area (Å²) in [6.07, 6.45) is 1.72. The molecule has 0 aliphatic carbocycles. The smallest absolute Gasteiger partial charge is 0.407 e. The Kier molecular flexibility index (Phi) is 4.20. The van der Waals surface area contributed by atoms with Crippen LogP contribution < -0.4 is 10.6 Å². The highest BCUT2D eigenvalue weighted by Gasteiger charge is 2.28. The molecule has 98 valence electrons. The molecule has 0 saturated carbocycles. The van der Waals surface area contributed by atoms with E-state index in [1.165, 1.54) is 0 Å². The third-order valence-corrected chi connectivity index (χ3v) is 3.21. The number of amides is 1. The minimum absolute atomic E-state index is 0.188. The lowest BCUT2D eigenvalue weighted by atomic mass is 9.93. The second-order valence-corrected chi connectivity index (χ2v) is 5.03. The monoisotopic (exact) mass is 248 g/mol. The molecule has 1 heterocycles. The van der Waals surface area contributed by atoms with Crippen molar-refractivity contribution in [2.75, 3.05) is 13.1 Å². The predicted octanol–water partition coefficient (Wildman–Crippen LogP) is 2.05. The Morgan fingerprint density at radius 2 is 2.22 bits per heavy atom. The average molecular weight is 248 g/mol. The van der Waals surface area contributed by atoms with E-state index >= 15 is 0 Å². The second-order valence-electron chi connectivity index (χ2n) is 5.03. The van der Waals surface area contributed by atoms with Gasteiger partial charge in [0.05, 0.1) is 5.54 Å². The molecule has 1 aliphatic rings. The van der Waals surface area contributed by atoms with Gasteiger partial charge in [0.1, 0.15) is 6.61 Å². The van der Waals surface area contributed by atoms with Gasteiger partial charge in [0.2, 0.25) is 0 Å². The third-order valence-electron chi connectivity index (χ3n) is 3.21. The molecule has 2 rings (SSSR count). The number of piperidine rings is 1. The van der Waals surface area contributed by atoms with Gasteiger partial charge >= 0.3 is 6.09 Å². The highest BCUT2D eigenvalue weighted by atomic mass is 16.5. The third kappa shape index (κ3) is 3.74. The van der Waals surface area contributed by atoms with Crippen molar-refractivity contribution >= 4 is 6.09 Å². The van der Waals surface area contributed by atoms with Gasteiger partial charge in [-0.3, -0.25) is 0 Å². The molecule has 0 unspecified atom stereocenters. The molecule has 18 heavy (non-hydrogen) atoms. The topological polar surface area (TPSA) is 50.4 Å². The van der Waals surface area contributed by atoms with Gasteiger partial charge in [0.25, 0.3) is 0 Å². The minimum Gasteiger partial charge on any atom is -0.445 e. The molecule has 1 aliphatic heterocycles. The summed E-state index contributed by atoms with van der Waals surface area (Å²) >= 11 is 0. The molecule has 2 N–H and O–H groups in total. The number of nitrogens with one attached hydrogen (secondary N) is 2. The number of carbonyl (C=O) groups excluding carboxylic acids is 1. The Morgan fingerprint density at radius 1 is 1.44 bits per heavy atom. The minimum atomic E-state index is -0.343. The number of carbonyl (C=O) groups is 1. The van der Waals surface area contributed by atoms with Gasteiger partial charge in [-0.15, -0.1) is 0 Å². The first-order valence-corrected chi connectivity index (χ1v) is 6.38. The number of rotatable bonds is 3. The first-order valence-electron chi connectivity index (χ1n) is 6.38. The molecule has 4 heteroatoms. The molecule has 4 nitrogen and oxygen atoms in total. The van der Waals surface area contributed by atoms with Gasteiger partial charge in [0.15, 0.2) is 0 Å². The Balaban J connectivity index is 1.78. The highest BCUT2D eigenvalue weighted by molar-refractivity contribution is 5.68. The Bertz CT molecular complexity index is 386. The summed E-state index contributed by atoms with van der Waals surface area (Å²) in [7, 11) is 0. The summed E-state index contributed by atoms with van der Waals surface area (Å²) in [5, 5.41) is 6.23. The number of benzene rings is 1. The molecule has 0 radical (unpaired) electrons. The van der Waals surface area contributed by atoms with Crippen molar-refractivity contribution in [3.8, 4) is 0 Å². The van der Waals surface area contributed by atoms with E-state index in [9.17, 15) is 4.79 Å². The summed E-state index contributed by atoms with van der Waals surface area (Å²) in [4.78, 5) is 11.7. The summed E-state index contributed by atoms with van der Waals surface area (Å²) in [6, 6.07) is 9.69. The lowest BCUT2D eigenvalue weighted by Gasteiger charge is -2.34. The molecule has 1 aromatic rings. The first-order chi connectivity index (χ1) is 8.68. The molecule has 0 bridgehead atoms. The van der Waals surface area contributed by atoms with E-state index < -0.39 is 0 Å². The predicted molar refractivity (Wildman–Crippen MR) is 70.3 cm³/mol. The van der Waals surface area contributed by atoms with E-state index in [1.807, 2.05) is 37.3 Å². The van der Waals surface area contributed by atoms with Crippen LogP contribution in [-0.2, 0) is 11.3 Å². The van der Waals surface area contributed by atoms with Crippen LogP contribution in [0, 0.1) is 0 Å². The molecule has 1 saturated heterocycles. The number of ether oxygens (including phenoxy) is 1. The molecular weight excluding hydrogens is 228 g/mol. The molecule has 1 amide bonds. The summed E-state index contributed by atoms with van der Waals surface area (Å²) in [5.41, 5.74) is 0.811. The van der Waals surface area contributed by atoms with E-state index in [4.69, 9.17) is 4.74 Å². The van der Waals surface area contributed by atoms with Gasteiger partial charge in [-0.05, 0) is 31.9 Å². The molecule has 1 aromatic carbocycles. The first kappa shape index (κ1) is 12.9. The summed E-state index contributed by atoms with van der Waals surface area (Å²) < 4.78 is 5.22. The number of hydrogen-bond acceptors (Lipinski definition) is 3. The lowest BCUT2D eigenvalue weighted by molar-refractivity contribution is 0.123. The van der Waals surface area contributed by atoms with Crippen molar-refractivity contribution in [2.45, 2.75) is 31.9 Å². The van der Waals surface area contributed by atoms with Crippen molar-refractivity contribution in [1.29, 1.82) is 0 Å². The van der Waals surface area contributed by atoms with Crippen LogP contribution in [0.25, 0.3) is 0 Å². The van der Waals surface area contributed by atoms with Crippen molar-refractivity contribution in [3.05, 3.63) is 35.9 Å². The normalized spacial score (nSPS) is 23.4. The van der Waals surface area contributed by atoms with Crippen LogP contribution in [-0.4, -0.2) is 24.7 Å². The second kappa shape index (κ2) is 5.87. The molecule has 0 aromatic heterocycles. The SMILES string of the molecule is C[C@]1(NC(=O)OCc2ccccc2)CCCNC1. The van der Waals surface area contributed by atoms with Crippen molar-refractivity contribution in [2.24, 2.45) is 0 Å². The fourth-order valence-electron chi connectivity index (χ4n) is 2.17. The van der Waals surface area contributed by atoms with Crippen LogP contribution in [0.4, 0.5) is 4.79 Å². The maximum atomic E-state index is 11.7. The average Bonchev–Trinajstić information content (AvgIpc) is 2.38. The van der Waals surface area contributed by atoms with E-state index in [-0.39, 0.29) is 11.6 Å². The molecule has 1 fully saturated rings. The van der Waals surface area contributed by atoms with Gasteiger partial charge < -0.3 is 15.4 Å². The van der Waals surface area contributed by atoms with Crippen molar-refractivity contribution in [3.63, 3.8) is 0 Å². The van der Waals surface area contributed by atoms with Crippen LogP contribution in [0.2, 0.25) is 0 Å². The molecular formula is C14H20N2O2. The van der Waals surface area contributed by atoms with E-state index in [0.29, 0.717) is 6.61 Å². The fourth-order valence-corrected chi connectivity index (χ4v) is 2.17. The van der Waals surface area contributed by atoms with Crippen LogP contribution in [0.1, 0.15) is 25.3 Å². The quantitative estimate of drug-likeness (QED) is 0.860. The van der Waals surface area contributed by atoms with Crippen molar-refractivity contribution in [1.82, 2.24) is 10.6 Å².